The number of fused-ring (bicyclic) bond motifs is 1. The van der Waals surface area contributed by atoms with Gasteiger partial charge in [0.05, 0.1) is 11.3 Å². The molecule has 0 bridgehead atoms. The molecule has 0 saturated carbocycles. The van der Waals surface area contributed by atoms with E-state index >= 15 is 0 Å². The molecule has 3 aromatic rings. The highest BCUT2D eigenvalue weighted by Crippen LogP contribution is 2.39. The first-order chi connectivity index (χ1) is 13.5. The van der Waals surface area contributed by atoms with E-state index in [1.165, 1.54) is 51.5 Å². The Balaban J connectivity index is 1.75. The molecule has 0 fully saturated rings. The van der Waals surface area contributed by atoms with Crippen molar-refractivity contribution in [3.63, 3.8) is 0 Å². The molecule has 0 radical (unpaired) electrons. The fraction of sp³-hybridized carbons (Fsp3) is 0.333. The van der Waals surface area contributed by atoms with E-state index < -0.39 is 0 Å². The van der Waals surface area contributed by atoms with Gasteiger partial charge in [-0.3, -0.25) is 0 Å². The molecule has 1 aromatic carbocycles. The quantitative estimate of drug-likeness (QED) is 0.488. The minimum Gasteiger partial charge on any atom is -0.317 e. The van der Waals surface area contributed by atoms with Crippen molar-refractivity contribution in [2.45, 2.75) is 53.4 Å². The summed E-state index contributed by atoms with van der Waals surface area (Å²) in [6.45, 7) is 8.60. The lowest BCUT2D eigenvalue weighted by atomic mass is 9.96. The van der Waals surface area contributed by atoms with Crippen LogP contribution in [0.15, 0.2) is 29.3 Å². The molecule has 0 aliphatic heterocycles. The summed E-state index contributed by atoms with van der Waals surface area (Å²) in [7, 11) is 0. The van der Waals surface area contributed by atoms with Crippen molar-refractivity contribution in [3.05, 3.63) is 68.3 Å². The lowest BCUT2D eigenvalue weighted by Crippen LogP contribution is -2.04. The number of nitriles is 1. The summed E-state index contributed by atoms with van der Waals surface area (Å²) in [5, 5.41) is 10.5. The smallest absolute Gasteiger partial charge is 0.134 e. The summed E-state index contributed by atoms with van der Waals surface area (Å²) in [6.07, 6.45) is 6.44. The van der Waals surface area contributed by atoms with Gasteiger partial charge in [-0.1, -0.05) is 18.2 Å². The first kappa shape index (κ1) is 18.7. The van der Waals surface area contributed by atoms with Gasteiger partial charge in [0.25, 0.3) is 0 Å². The molecule has 1 aliphatic carbocycles. The van der Waals surface area contributed by atoms with Gasteiger partial charge in [-0.25, -0.2) is 4.99 Å². The van der Waals surface area contributed by atoms with Crippen molar-refractivity contribution >= 4 is 22.6 Å². The van der Waals surface area contributed by atoms with Gasteiger partial charge in [-0.15, -0.1) is 11.3 Å². The lowest BCUT2D eigenvalue weighted by molar-refractivity contribution is 0.696. The van der Waals surface area contributed by atoms with E-state index in [0.29, 0.717) is 0 Å². The van der Waals surface area contributed by atoms with Gasteiger partial charge in [0, 0.05) is 28.0 Å². The Kier molecular flexibility index (Phi) is 4.95. The summed E-state index contributed by atoms with van der Waals surface area (Å²) < 4.78 is 2.32. The van der Waals surface area contributed by atoms with Gasteiger partial charge < -0.3 is 4.57 Å². The normalized spacial score (nSPS) is 13.7. The van der Waals surface area contributed by atoms with Crippen LogP contribution in [0, 0.1) is 39.0 Å². The Labute approximate surface area is 171 Å². The molecule has 0 unspecified atom stereocenters. The van der Waals surface area contributed by atoms with E-state index in [0.717, 1.165) is 29.0 Å². The number of benzene rings is 1. The van der Waals surface area contributed by atoms with Crippen LogP contribution in [0.2, 0.25) is 0 Å². The molecule has 142 valence electrons. The predicted octanol–water partition coefficient (Wildman–Crippen LogP) is 6.27. The van der Waals surface area contributed by atoms with Crippen molar-refractivity contribution in [2.75, 3.05) is 0 Å². The third-order valence-electron chi connectivity index (χ3n) is 5.72. The van der Waals surface area contributed by atoms with E-state index in [-0.39, 0.29) is 0 Å². The van der Waals surface area contributed by atoms with E-state index in [2.05, 4.69) is 62.6 Å². The second-order valence-corrected chi connectivity index (χ2v) is 8.75. The van der Waals surface area contributed by atoms with Crippen molar-refractivity contribution < 1.29 is 0 Å². The van der Waals surface area contributed by atoms with Crippen molar-refractivity contribution in [1.29, 1.82) is 5.26 Å². The van der Waals surface area contributed by atoms with Crippen LogP contribution in [0.3, 0.4) is 0 Å². The van der Waals surface area contributed by atoms with Gasteiger partial charge in [0.1, 0.15) is 11.1 Å². The van der Waals surface area contributed by atoms with Crippen LogP contribution in [0.5, 0.6) is 0 Å². The number of nitrogens with zero attached hydrogens (tertiary/aromatic N) is 3. The molecule has 2 aromatic heterocycles. The highest BCUT2D eigenvalue weighted by Gasteiger charge is 2.20. The minimum atomic E-state index is 0.791. The number of aryl methyl sites for hydroxylation is 4. The van der Waals surface area contributed by atoms with Crippen LogP contribution >= 0.6 is 11.3 Å². The fourth-order valence-corrected chi connectivity index (χ4v) is 5.49. The number of rotatable bonds is 3. The number of aliphatic imine (C=N–C) groups is 1. The number of hydrogen-bond acceptors (Lipinski definition) is 3. The van der Waals surface area contributed by atoms with Crippen molar-refractivity contribution in [2.24, 2.45) is 4.99 Å². The Hall–Kier alpha value is -2.64. The zero-order valence-electron chi connectivity index (χ0n) is 17.0. The minimum absolute atomic E-state index is 0.791. The second kappa shape index (κ2) is 7.41. The maximum absolute atomic E-state index is 9.65. The van der Waals surface area contributed by atoms with Gasteiger partial charge in [0.15, 0.2) is 0 Å². The SMILES string of the molecule is Cc1cccc(C)c1-n1c(C)cc(C=Nc2sc3c(c2C#N)CCCC3)c1C. The number of aromatic nitrogens is 1. The van der Waals surface area contributed by atoms with Gasteiger partial charge in [-0.05, 0) is 76.1 Å². The third kappa shape index (κ3) is 3.10. The van der Waals surface area contributed by atoms with E-state index in [1.54, 1.807) is 11.3 Å². The topological polar surface area (TPSA) is 41.1 Å². The van der Waals surface area contributed by atoms with E-state index in [4.69, 9.17) is 4.99 Å². The molecule has 3 nitrogen and oxygen atoms in total. The maximum Gasteiger partial charge on any atom is 0.134 e. The van der Waals surface area contributed by atoms with Gasteiger partial charge >= 0.3 is 0 Å². The van der Waals surface area contributed by atoms with E-state index in [1.807, 2.05) is 6.21 Å². The second-order valence-electron chi connectivity index (χ2n) is 7.66. The summed E-state index contributed by atoms with van der Waals surface area (Å²) in [4.78, 5) is 6.12. The standard InChI is InChI=1S/C24H25N3S/c1-15-8-7-9-16(2)23(15)27-17(3)12-19(18(27)4)14-26-24-21(13-25)20-10-5-6-11-22(20)28-24/h7-9,12,14H,5-6,10-11H2,1-4H3. The fourth-order valence-electron chi connectivity index (χ4n) is 4.31. The summed E-state index contributed by atoms with van der Waals surface area (Å²) in [5.74, 6) is 0. The van der Waals surface area contributed by atoms with Crippen LogP contribution < -0.4 is 0 Å². The molecule has 4 rings (SSSR count). The van der Waals surface area contributed by atoms with E-state index in [9.17, 15) is 5.26 Å². The zero-order valence-corrected chi connectivity index (χ0v) is 17.8. The molecular weight excluding hydrogens is 362 g/mol. The lowest BCUT2D eigenvalue weighted by Gasteiger charge is -2.15. The monoisotopic (exact) mass is 387 g/mol. The Morgan fingerprint density at radius 3 is 2.54 bits per heavy atom. The molecule has 0 N–H and O–H groups in total. The summed E-state index contributed by atoms with van der Waals surface area (Å²) >= 11 is 1.70. The number of hydrogen-bond donors (Lipinski definition) is 0. The molecule has 2 heterocycles. The molecule has 4 heteroatoms. The highest BCUT2D eigenvalue weighted by molar-refractivity contribution is 7.16. The van der Waals surface area contributed by atoms with Crippen LogP contribution in [0.4, 0.5) is 5.00 Å². The van der Waals surface area contributed by atoms with Gasteiger partial charge in [0.2, 0.25) is 0 Å². The van der Waals surface area contributed by atoms with Crippen molar-refractivity contribution in [3.8, 4) is 11.8 Å². The number of thiophene rings is 1. The largest absolute Gasteiger partial charge is 0.317 e. The predicted molar refractivity (Wildman–Crippen MR) is 118 cm³/mol. The average molecular weight is 388 g/mol. The third-order valence-corrected chi connectivity index (χ3v) is 6.92. The van der Waals surface area contributed by atoms with Crippen LogP contribution in [0.25, 0.3) is 5.69 Å². The molecule has 28 heavy (non-hydrogen) atoms. The first-order valence-corrected chi connectivity index (χ1v) is 10.7. The van der Waals surface area contributed by atoms with Gasteiger partial charge in [-0.2, -0.15) is 5.26 Å². The Morgan fingerprint density at radius 2 is 1.82 bits per heavy atom. The van der Waals surface area contributed by atoms with Crippen LogP contribution in [-0.4, -0.2) is 10.8 Å². The Bertz CT molecular complexity index is 1100. The molecule has 0 spiro atoms. The van der Waals surface area contributed by atoms with Crippen LogP contribution in [0.1, 0.15) is 56.9 Å². The molecule has 1 aliphatic rings. The molecule has 0 atom stereocenters. The summed E-state index contributed by atoms with van der Waals surface area (Å²) in [5.41, 5.74) is 9.30. The van der Waals surface area contributed by atoms with Crippen molar-refractivity contribution in [1.82, 2.24) is 4.57 Å². The first-order valence-electron chi connectivity index (χ1n) is 9.85. The van der Waals surface area contributed by atoms with Crippen LogP contribution in [-0.2, 0) is 12.8 Å². The molecule has 0 amide bonds. The summed E-state index contributed by atoms with van der Waals surface area (Å²) in [6, 6.07) is 11.0. The molecular formula is C24H25N3S. The molecule has 0 saturated heterocycles. The Morgan fingerprint density at radius 1 is 1.11 bits per heavy atom. The highest BCUT2D eigenvalue weighted by atomic mass is 32.1. The average Bonchev–Trinajstić information content (AvgIpc) is 3.17. The maximum atomic E-state index is 9.65. The zero-order chi connectivity index (χ0) is 19.8. The number of para-hydroxylation sites is 1.